The maximum Gasteiger partial charge on any atom is 0.179 e. The van der Waals surface area contributed by atoms with Crippen LogP contribution in [0, 0.1) is 13.8 Å². The van der Waals surface area contributed by atoms with E-state index in [9.17, 15) is 4.79 Å². The first-order valence-corrected chi connectivity index (χ1v) is 7.44. The van der Waals surface area contributed by atoms with Crippen molar-refractivity contribution < 1.29 is 9.53 Å². The number of halogens is 2. The number of aromatic nitrogens is 1. The second-order valence-corrected chi connectivity index (χ2v) is 5.62. The standard InChI is InChI=1S/C15H15BrClNO2/c1-9-6-12(15(19)8-17)10(2)18(9)14-7-11(20-3)4-5-13(14)16/h4-7H,8H2,1-3H3. The minimum absolute atomic E-state index is 0.0103. The number of benzene rings is 1. The normalized spacial score (nSPS) is 10.7. The van der Waals surface area contributed by atoms with Crippen molar-refractivity contribution in [1.29, 1.82) is 0 Å². The quantitative estimate of drug-likeness (QED) is 0.604. The molecule has 0 amide bonds. The highest BCUT2D eigenvalue weighted by Gasteiger charge is 2.17. The Hall–Kier alpha value is -1.26. The lowest BCUT2D eigenvalue weighted by Crippen LogP contribution is -2.05. The van der Waals surface area contributed by atoms with Crippen LogP contribution in [0.4, 0.5) is 0 Å². The minimum Gasteiger partial charge on any atom is -0.497 e. The number of aryl methyl sites for hydroxylation is 1. The van der Waals surface area contributed by atoms with Gasteiger partial charge in [-0.15, -0.1) is 11.6 Å². The van der Waals surface area contributed by atoms with E-state index in [1.54, 1.807) is 7.11 Å². The molecule has 0 bridgehead atoms. The Morgan fingerprint density at radius 2 is 2.05 bits per heavy atom. The number of carbonyl (C=O) groups is 1. The predicted octanol–water partition coefficient (Wildman–Crippen LogP) is 4.29. The maximum absolute atomic E-state index is 11.9. The van der Waals surface area contributed by atoms with Gasteiger partial charge < -0.3 is 9.30 Å². The molecule has 2 aromatic rings. The molecule has 0 aliphatic carbocycles. The van der Waals surface area contributed by atoms with Crippen molar-refractivity contribution in [2.45, 2.75) is 13.8 Å². The molecule has 20 heavy (non-hydrogen) atoms. The molecule has 0 N–H and O–H groups in total. The summed E-state index contributed by atoms with van der Waals surface area (Å²) in [4.78, 5) is 11.9. The molecule has 1 aromatic heterocycles. The van der Waals surface area contributed by atoms with Crippen molar-refractivity contribution in [2.75, 3.05) is 13.0 Å². The Labute approximate surface area is 131 Å². The van der Waals surface area contributed by atoms with Crippen molar-refractivity contribution in [3.8, 4) is 11.4 Å². The van der Waals surface area contributed by atoms with Crippen LogP contribution in [-0.2, 0) is 0 Å². The van der Waals surface area contributed by atoms with Crippen LogP contribution in [0.2, 0.25) is 0 Å². The van der Waals surface area contributed by atoms with E-state index < -0.39 is 0 Å². The Balaban J connectivity index is 2.64. The molecule has 0 saturated heterocycles. The molecule has 1 aromatic carbocycles. The fraction of sp³-hybridized carbons (Fsp3) is 0.267. The lowest BCUT2D eigenvalue weighted by Gasteiger charge is -2.13. The van der Waals surface area contributed by atoms with E-state index in [1.807, 2.05) is 42.7 Å². The van der Waals surface area contributed by atoms with Gasteiger partial charge in [0, 0.05) is 27.5 Å². The second-order valence-electron chi connectivity index (χ2n) is 4.49. The first kappa shape index (κ1) is 15.1. The van der Waals surface area contributed by atoms with Crippen molar-refractivity contribution in [3.05, 3.63) is 45.7 Å². The van der Waals surface area contributed by atoms with E-state index in [1.165, 1.54) is 0 Å². The van der Waals surface area contributed by atoms with E-state index in [-0.39, 0.29) is 11.7 Å². The van der Waals surface area contributed by atoms with Gasteiger partial charge in [-0.1, -0.05) is 0 Å². The molecule has 0 aliphatic heterocycles. The summed E-state index contributed by atoms with van der Waals surface area (Å²) in [7, 11) is 1.63. The smallest absolute Gasteiger partial charge is 0.179 e. The first-order valence-electron chi connectivity index (χ1n) is 6.11. The van der Waals surface area contributed by atoms with Crippen LogP contribution < -0.4 is 4.74 Å². The number of hydrogen-bond donors (Lipinski definition) is 0. The molecule has 0 unspecified atom stereocenters. The van der Waals surface area contributed by atoms with Gasteiger partial charge >= 0.3 is 0 Å². The first-order chi connectivity index (χ1) is 9.49. The summed E-state index contributed by atoms with van der Waals surface area (Å²) in [6.07, 6.45) is 0. The van der Waals surface area contributed by atoms with E-state index in [2.05, 4.69) is 15.9 Å². The van der Waals surface area contributed by atoms with Crippen LogP contribution in [0.1, 0.15) is 21.7 Å². The van der Waals surface area contributed by atoms with Crippen LogP contribution in [0.25, 0.3) is 5.69 Å². The highest BCUT2D eigenvalue weighted by molar-refractivity contribution is 9.10. The summed E-state index contributed by atoms with van der Waals surface area (Å²) in [6.45, 7) is 3.88. The van der Waals surface area contributed by atoms with Crippen molar-refractivity contribution >= 4 is 33.3 Å². The highest BCUT2D eigenvalue weighted by atomic mass is 79.9. The lowest BCUT2D eigenvalue weighted by molar-refractivity contribution is 0.102. The number of ketones is 1. The molecule has 0 fully saturated rings. The number of carbonyl (C=O) groups excluding carboxylic acids is 1. The van der Waals surface area contributed by atoms with E-state index in [4.69, 9.17) is 16.3 Å². The third kappa shape index (κ3) is 2.63. The Morgan fingerprint density at radius 1 is 1.35 bits per heavy atom. The molecule has 0 atom stereocenters. The average molecular weight is 357 g/mol. The SMILES string of the molecule is COc1ccc(Br)c(-n2c(C)cc(C(=O)CCl)c2C)c1. The fourth-order valence-corrected chi connectivity index (χ4v) is 2.85. The third-order valence-corrected chi connectivity index (χ3v) is 4.16. The molecule has 5 heteroatoms. The monoisotopic (exact) mass is 355 g/mol. The number of alkyl halides is 1. The topological polar surface area (TPSA) is 31.2 Å². The third-order valence-electron chi connectivity index (χ3n) is 3.25. The predicted molar refractivity (Wildman–Crippen MR) is 84.5 cm³/mol. The van der Waals surface area contributed by atoms with Crippen molar-refractivity contribution in [1.82, 2.24) is 4.57 Å². The molecule has 3 nitrogen and oxygen atoms in total. The number of methoxy groups -OCH3 is 1. The summed E-state index contributed by atoms with van der Waals surface area (Å²) < 4.78 is 8.22. The summed E-state index contributed by atoms with van der Waals surface area (Å²) in [6, 6.07) is 7.60. The number of Topliss-reactive ketones (excluding diaryl/α,β-unsaturated/α-hetero) is 1. The molecular formula is C15H15BrClNO2. The number of ether oxygens (including phenoxy) is 1. The van der Waals surface area contributed by atoms with Gasteiger partial charge in [0.2, 0.25) is 0 Å². The maximum atomic E-state index is 11.9. The zero-order valence-electron chi connectivity index (χ0n) is 11.5. The van der Waals surface area contributed by atoms with Crippen LogP contribution in [0.15, 0.2) is 28.7 Å². The molecule has 0 saturated carbocycles. The summed E-state index contributed by atoms with van der Waals surface area (Å²) in [5.74, 6) is 0.690. The average Bonchev–Trinajstić information content (AvgIpc) is 2.74. The molecule has 0 radical (unpaired) electrons. The van der Waals surface area contributed by atoms with Crippen LogP contribution >= 0.6 is 27.5 Å². The molecule has 0 spiro atoms. The van der Waals surface area contributed by atoms with Crippen LogP contribution in [0.5, 0.6) is 5.75 Å². The van der Waals surface area contributed by atoms with E-state index in [0.717, 1.165) is 27.3 Å². The van der Waals surface area contributed by atoms with Crippen molar-refractivity contribution in [3.63, 3.8) is 0 Å². The Bertz CT molecular complexity index is 664. The zero-order valence-corrected chi connectivity index (χ0v) is 13.9. The molecule has 0 aliphatic rings. The highest BCUT2D eigenvalue weighted by Crippen LogP contribution is 2.30. The van der Waals surface area contributed by atoms with Crippen LogP contribution in [0.3, 0.4) is 0 Å². The van der Waals surface area contributed by atoms with Crippen molar-refractivity contribution in [2.24, 2.45) is 0 Å². The Kier molecular flexibility index (Phi) is 4.55. The summed E-state index contributed by atoms with van der Waals surface area (Å²) >= 11 is 9.20. The molecule has 106 valence electrons. The largest absolute Gasteiger partial charge is 0.497 e. The summed E-state index contributed by atoms with van der Waals surface area (Å²) in [5.41, 5.74) is 3.45. The van der Waals surface area contributed by atoms with Gasteiger partial charge in [0.1, 0.15) is 5.75 Å². The second kappa shape index (κ2) is 6.02. The van der Waals surface area contributed by atoms with Gasteiger partial charge in [-0.3, -0.25) is 4.79 Å². The number of hydrogen-bond acceptors (Lipinski definition) is 2. The zero-order chi connectivity index (χ0) is 14.9. The van der Waals surface area contributed by atoms with Gasteiger partial charge in [0.25, 0.3) is 0 Å². The van der Waals surface area contributed by atoms with Gasteiger partial charge in [-0.25, -0.2) is 0 Å². The lowest BCUT2D eigenvalue weighted by atomic mass is 10.2. The van der Waals surface area contributed by atoms with Crippen LogP contribution in [-0.4, -0.2) is 23.3 Å². The molecule has 1 heterocycles. The fourth-order valence-electron chi connectivity index (χ4n) is 2.28. The van der Waals surface area contributed by atoms with E-state index in [0.29, 0.717) is 5.56 Å². The van der Waals surface area contributed by atoms with Gasteiger partial charge in [0.15, 0.2) is 5.78 Å². The molecule has 2 rings (SSSR count). The van der Waals surface area contributed by atoms with Gasteiger partial charge in [-0.2, -0.15) is 0 Å². The summed E-state index contributed by atoms with van der Waals surface area (Å²) in [5, 5.41) is 0. The van der Waals surface area contributed by atoms with Gasteiger partial charge in [0.05, 0.1) is 18.7 Å². The molecular weight excluding hydrogens is 342 g/mol. The Morgan fingerprint density at radius 3 is 2.65 bits per heavy atom. The number of nitrogens with zero attached hydrogens (tertiary/aromatic N) is 1. The van der Waals surface area contributed by atoms with Gasteiger partial charge in [-0.05, 0) is 48.0 Å². The minimum atomic E-state index is -0.0648. The number of rotatable bonds is 4. The van der Waals surface area contributed by atoms with E-state index >= 15 is 0 Å².